The number of aromatic nitrogens is 2. The van der Waals surface area contributed by atoms with Crippen LogP contribution < -0.4 is 9.64 Å². The lowest BCUT2D eigenvalue weighted by Gasteiger charge is -2.31. The molecule has 3 aromatic rings. The largest absolute Gasteiger partial charge is 0.497 e. The van der Waals surface area contributed by atoms with E-state index in [1.807, 2.05) is 65.6 Å². The molecule has 2 aromatic carbocycles. The first-order chi connectivity index (χ1) is 16.0. The van der Waals surface area contributed by atoms with Gasteiger partial charge in [-0.05, 0) is 55.2 Å². The maximum Gasteiger partial charge on any atom is 0.278 e. The van der Waals surface area contributed by atoms with E-state index in [2.05, 4.69) is 10.2 Å². The van der Waals surface area contributed by atoms with Gasteiger partial charge in [0.25, 0.3) is 5.91 Å². The summed E-state index contributed by atoms with van der Waals surface area (Å²) in [6.45, 7) is 1.44. The number of rotatable bonds is 7. The molecule has 7 heteroatoms. The van der Waals surface area contributed by atoms with E-state index in [0.29, 0.717) is 12.1 Å². The van der Waals surface area contributed by atoms with Crippen molar-refractivity contribution < 1.29 is 14.3 Å². The lowest BCUT2D eigenvalue weighted by Crippen LogP contribution is -2.38. The summed E-state index contributed by atoms with van der Waals surface area (Å²) in [6.07, 6.45) is 2.95. The second kappa shape index (κ2) is 10.3. The highest BCUT2D eigenvalue weighted by Gasteiger charge is 2.26. The van der Waals surface area contributed by atoms with Crippen LogP contribution in [0.1, 0.15) is 46.9 Å². The van der Waals surface area contributed by atoms with Crippen LogP contribution in [0.3, 0.4) is 0 Å². The number of carbonyl (C=O) groups excluding carboxylic acids is 2. The molecule has 1 N–H and O–H groups in total. The summed E-state index contributed by atoms with van der Waals surface area (Å²) in [4.78, 5) is 29.0. The van der Waals surface area contributed by atoms with Crippen LogP contribution in [0, 0.1) is 0 Å². The Morgan fingerprint density at radius 3 is 2.45 bits per heavy atom. The monoisotopic (exact) mass is 446 g/mol. The molecule has 0 unspecified atom stereocenters. The molecule has 0 aliphatic carbocycles. The van der Waals surface area contributed by atoms with Crippen molar-refractivity contribution in [1.82, 2.24) is 15.1 Å². The van der Waals surface area contributed by atoms with Gasteiger partial charge < -0.3 is 14.5 Å². The molecule has 1 fully saturated rings. The first kappa shape index (κ1) is 22.6. The fourth-order valence-electron chi connectivity index (χ4n) is 4.24. The Morgan fingerprint density at radius 1 is 1.09 bits per heavy atom. The summed E-state index contributed by atoms with van der Waals surface area (Å²) in [6, 6.07) is 19.2. The van der Waals surface area contributed by atoms with Gasteiger partial charge in [-0.2, -0.15) is 5.10 Å². The topological polar surface area (TPSA) is 78.5 Å². The van der Waals surface area contributed by atoms with Gasteiger partial charge in [0.2, 0.25) is 5.91 Å². The maximum absolute atomic E-state index is 12.8. The van der Waals surface area contributed by atoms with E-state index in [0.717, 1.165) is 55.0 Å². The number of methoxy groups -OCH3 is 1. The van der Waals surface area contributed by atoms with Crippen LogP contribution in [0.5, 0.6) is 5.75 Å². The second-order valence-corrected chi connectivity index (χ2v) is 8.41. The van der Waals surface area contributed by atoms with Crippen molar-refractivity contribution in [1.29, 1.82) is 0 Å². The third kappa shape index (κ3) is 5.42. The summed E-state index contributed by atoms with van der Waals surface area (Å²) in [5.74, 6) is 1.14. The average molecular weight is 447 g/mol. The molecule has 0 atom stereocenters. The minimum Gasteiger partial charge on any atom is -0.497 e. The molecule has 0 saturated carbocycles. The molecule has 2 amide bonds. The molecule has 7 nitrogen and oxygen atoms in total. The minimum absolute atomic E-state index is 0.144. The summed E-state index contributed by atoms with van der Waals surface area (Å²) < 4.78 is 5.18. The van der Waals surface area contributed by atoms with E-state index in [4.69, 9.17) is 4.74 Å². The Morgan fingerprint density at radius 2 is 1.79 bits per heavy atom. The second-order valence-electron chi connectivity index (χ2n) is 8.41. The van der Waals surface area contributed by atoms with E-state index in [1.54, 1.807) is 19.1 Å². The zero-order valence-electron chi connectivity index (χ0n) is 19.2. The summed E-state index contributed by atoms with van der Waals surface area (Å²) in [7, 11) is 3.40. The van der Waals surface area contributed by atoms with Crippen LogP contribution in [-0.2, 0) is 11.2 Å². The molecule has 0 bridgehead atoms. The number of ether oxygens (including phenoxy) is 1. The molecule has 4 rings (SSSR count). The highest BCUT2D eigenvalue weighted by atomic mass is 16.5. The van der Waals surface area contributed by atoms with Gasteiger partial charge in [-0.15, -0.1) is 0 Å². The number of hydrogen-bond donors (Lipinski definition) is 1. The molecule has 1 aliphatic heterocycles. The van der Waals surface area contributed by atoms with E-state index in [1.165, 1.54) is 0 Å². The Bertz CT molecular complexity index is 1070. The van der Waals surface area contributed by atoms with Gasteiger partial charge >= 0.3 is 0 Å². The zero-order valence-corrected chi connectivity index (χ0v) is 19.2. The van der Waals surface area contributed by atoms with Crippen molar-refractivity contribution in [2.24, 2.45) is 0 Å². The van der Waals surface area contributed by atoms with Crippen molar-refractivity contribution in [2.45, 2.75) is 31.6 Å². The quantitative estimate of drug-likeness (QED) is 0.594. The van der Waals surface area contributed by atoms with Gasteiger partial charge in [0, 0.05) is 43.9 Å². The Kier molecular flexibility index (Phi) is 7.07. The van der Waals surface area contributed by atoms with Crippen molar-refractivity contribution in [3.8, 4) is 5.75 Å². The molecule has 1 aliphatic rings. The number of likely N-dealkylation sites (tertiary alicyclic amines) is 1. The first-order valence-corrected chi connectivity index (χ1v) is 11.3. The third-order valence-electron chi connectivity index (χ3n) is 6.34. The van der Waals surface area contributed by atoms with Crippen molar-refractivity contribution >= 4 is 17.5 Å². The number of carbonyl (C=O) groups is 2. The SMILES string of the molecule is COc1ccc(CCC(=O)N2CCC(c3cc(C(=O)N(C)c4ccccc4)n[nH]3)CC2)cc1. The Labute approximate surface area is 194 Å². The normalized spacial score (nSPS) is 14.2. The van der Waals surface area contributed by atoms with Crippen LogP contribution in [0.25, 0.3) is 0 Å². The molecule has 1 saturated heterocycles. The van der Waals surface area contributed by atoms with Gasteiger partial charge in [0.1, 0.15) is 5.75 Å². The number of benzene rings is 2. The number of aryl methyl sites for hydroxylation is 1. The minimum atomic E-state index is -0.144. The van der Waals surface area contributed by atoms with Gasteiger partial charge in [-0.3, -0.25) is 14.7 Å². The number of H-pyrrole nitrogens is 1. The van der Waals surface area contributed by atoms with Crippen LogP contribution in [-0.4, -0.2) is 54.2 Å². The average Bonchev–Trinajstić information content (AvgIpc) is 3.37. The third-order valence-corrected chi connectivity index (χ3v) is 6.34. The summed E-state index contributed by atoms with van der Waals surface area (Å²) in [5, 5.41) is 7.31. The number of hydrogen-bond acceptors (Lipinski definition) is 4. The van der Waals surface area contributed by atoms with Crippen LogP contribution >= 0.6 is 0 Å². The smallest absolute Gasteiger partial charge is 0.278 e. The predicted octanol–water partition coefficient (Wildman–Crippen LogP) is 4.03. The number of aromatic amines is 1. The van der Waals surface area contributed by atoms with E-state index >= 15 is 0 Å². The molecule has 0 radical (unpaired) electrons. The van der Waals surface area contributed by atoms with Gasteiger partial charge in [0.05, 0.1) is 7.11 Å². The Hall–Kier alpha value is -3.61. The molecule has 1 aromatic heterocycles. The fourth-order valence-corrected chi connectivity index (χ4v) is 4.24. The molecule has 172 valence electrons. The molecule has 2 heterocycles. The fraction of sp³-hybridized carbons (Fsp3) is 0.346. The molecular formula is C26H30N4O3. The lowest BCUT2D eigenvalue weighted by atomic mass is 9.93. The number of amides is 2. The molecule has 0 spiro atoms. The van der Waals surface area contributed by atoms with Crippen molar-refractivity contribution in [3.63, 3.8) is 0 Å². The van der Waals surface area contributed by atoms with Crippen LogP contribution in [0.15, 0.2) is 60.7 Å². The molecular weight excluding hydrogens is 416 g/mol. The highest BCUT2D eigenvalue weighted by molar-refractivity contribution is 6.04. The number of para-hydroxylation sites is 1. The van der Waals surface area contributed by atoms with Crippen LogP contribution in [0.2, 0.25) is 0 Å². The van der Waals surface area contributed by atoms with Crippen molar-refractivity contribution in [2.75, 3.05) is 32.1 Å². The first-order valence-electron chi connectivity index (χ1n) is 11.3. The van der Waals surface area contributed by atoms with E-state index in [9.17, 15) is 9.59 Å². The van der Waals surface area contributed by atoms with Gasteiger partial charge in [-0.1, -0.05) is 30.3 Å². The Balaban J connectivity index is 1.27. The maximum atomic E-state index is 12.8. The summed E-state index contributed by atoms with van der Waals surface area (Å²) >= 11 is 0. The lowest BCUT2D eigenvalue weighted by molar-refractivity contribution is -0.132. The van der Waals surface area contributed by atoms with Gasteiger partial charge in [0.15, 0.2) is 5.69 Å². The number of nitrogens with one attached hydrogen (secondary N) is 1. The van der Waals surface area contributed by atoms with E-state index < -0.39 is 0 Å². The zero-order chi connectivity index (χ0) is 23.2. The number of nitrogens with zero attached hydrogens (tertiary/aromatic N) is 3. The number of anilines is 1. The highest BCUT2D eigenvalue weighted by Crippen LogP contribution is 2.28. The van der Waals surface area contributed by atoms with E-state index in [-0.39, 0.29) is 17.7 Å². The standard InChI is InChI=1S/C26H30N4O3/c1-29(21-6-4-3-5-7-21)26(32)24-18-23(27-28-24)20-14-16-30(17-15-20)25(31)13-10-19-8-11-22(33-2)12-9-19/h3-9,11-12,18,20H,10,13-17H2,1-2H3,(H,27,28). The molecule has 33 heavy (non-hydrogen) atoms. The predicted molar refractivity (Wildman–Crippen MR) is 128 cm³/mol. The van der Waals surface area contributed by atoms with Crippen molar-refractivity contribution in [3.05, 3.63) is 77.6 Å². The van der Waals surface area contributed by atoms with Crippen LogP contribution in [0.4, 0.5) is 5.69 Å². The van der Waals surface area contributed by atoms with Gasteiger partial charge in [-0.25, -0.2) is 0 Å². The summed E-state index contributed by atoms with van der Waals surface area (Å²) in [5.41, 5.74) is 3.34. The number of piperidine rings is 1.